The molecule has 0 radical (unpaired) electrons. The number of thiazole rings is 1. The molecule has 2 rings (SSSR count). The zero-order valence-corrected chi connectivity index (χ0v) is 11.4. The van der Waals surface area contributed by atoms with Crippen molar-refractivity contribution in [3.05, 3.63) is 36.9 Å². The number of rotatable bonds is 4. The molecule has 90 valence electrons. The van der Waals surface area contributed by atoms with E-state index < -0.39 is 4.92 Å². The largest absolute Gasteiger partial charge is 0.404 e. The van der Waals surface area contributed by atoms with Crippen LogP contribution in [0.1, 0.15) is 10.6 Å². The third kappa shape index (κ3) is 2.70. The summed E-state index contributed by atoms with van der Waals surface area (Å²) in [6.07, 6.45) is 2.40. The molecule has 2 aromatic heterocycles. The van der Waals surface area contributed by atoms with Gasteiger partial charge in [-0.05, 0) is 27.8 Å². The van der Waals surface area contributed by atoms with Crippen molar-refractivity contribution in [1.29, 1.82) is 0 Å². The Morgan fingerprint density at radius 2 is 2.41 bits per heavy atom. The van der Waals surface area contributed by atoms with Gasteiger partial charge in [0.15, 0.2) is 0 Å². The molecule has 8 heteroatoms. The molecule has 0 unspecified atom stereocenters. The van der Waals surface area contributed by atoms with Crippen molar-refractivity contribution in [1.82, 2.24) is 14.8 Å². The summed E-state index contributed by atoms with van der Waals surface area (Å²) >= 11 is 4.70. The molecule has 0 aliphatic heterocycles. The molecule has 0 saturated carbocycles. The van der Waals surface area contributed by atoms with Crippen LogP contribution in [0.4, 0.5) is 5.82 Å². The number of halogens is 1. The van der Waals surface area contributed by atoms with Crippen LogP contribution in [0.5, 0.6) is 0 Å². The van der Waals surface area contributed by atoms with Crippen molar-refractivity contribution < 1.29 is 4.92 Å². The Morgan fingerprint density at radius 3 is 2.94 bits per heavy atom. The van der Waals surface area contributed by atoms with Gasteiger partial charge in [-0.15, -0.1) is 11.3 Å². The Morgan fingerprint density at radius 1 is 1.65 bits per heavy atom. The molecular weight excluding hydrogens is 308 g/mol. The van der Waals surface area contributed by atoms with Crippen LogP contribution < -0.4 is 0 Å². The summed E-state index contributed by atoms with van der Waals surface area (Å²) in [5, 5.41) is 14.5. The first-order chi connectivity index (χ1) is 8.08. The fraction of sp³-hybridized carbons (Fsp3) is 0.333. The topological polar surface area (TPSA) is 73.8 Å². The highest BCUT2D eigenvalue weighted by Crippen LogP contribution is 2.22. The fourth-order valence-electron chi connectivity index (χ4n) is 1.41. The average Bonchev–Trinajstić information content (AvgIpc) is 2.82. The summed E-state index contributed by atoms with van der Waals surface area (Å²) in [6, 6.07) is 0. The van der Waals surface area contributed by atoms with Crippen LogP contribution in [0.25, 0.3) is 0 Å². The predicted molar refractivity (Wildman–Crippen MR) is 67.1 cm³/mol. The van der Waals surface area contributed by atoms with Gasteiger partial charge in [0.1, 0.15) is 4.47 Å². The molecule has 0 N–H and O–H groups in total. The molecule has 0 spiro atoms. The van der Waals surface area contributed by atoms with Crippen LogP contribution in [-0.4, -0.2) is 19.7 Å². The van der Waals surface area contributed by atoms with E-state index in [4.69, 9.17) is 0 Å². The van der Waals surface area contributed by atoms with Crippen LogP contribution >= 0.6 is 27.3 Å². The zero-order chi connectivity index (χ0) is 12.4. The number of hydrogen-bond donors (Lipinski definition) is 0. The van der Waals surface area contributed by atoms with Crippen LogP contribution in [0, 0.1) is 17.0 Å². The maximum absolute atomic E-state index is 10.6. The summed E-state index contributed by atoms with van der Waals surface area (Å²) in [4.78, 5) is 15.4. The fourth-order valence-corrected chi connectivity index (χ4v) is 2.64. The van der Waals surface area contributed by atoms with Crippen molar-refractivity contribution in [3.63, 3.8) is 0 Å². The van der Waals surface area contributed by atoms with E-state index in [1.807, 2.05) is 6.92 Å². The third-order valence-electron chi connectivity index (χ3n) is 2.28. The lowest BCUT2D eigenvalue weighted by Gasteiger charge is -1.96. The minimum atomic E-state index is -0.501. The normalized spacial score (nSPS) is 10.7. The third-order valence-corrected chi connectivity index (χ3v) is 3.84. The molecule has 6 nitrogen and oxygen atoms in total. The van der Waals surface area contributed by atoms with Gasteiger partial charge in [-0.25, -0.2) is 4.98 Å². The van der Waals surface area contributed by atoms with Gasteiger partial charge in [0, 0.05) is 11.3 Å². The summed E-state index contributed by atoms with van der Waals surface area (Å²) in [5.74, 6) is -0.147. The lowest BCUT2D eigenvalue weighted by Crippen LogP contribution is -2.02. The molecule has 0 bridgehead atoms. The highest BCUT2D eigenvalue weighted by molar-refractivity contribution is 9.10. The van der Waals surface area contributed by atoms with E-state index in [0.29, 0.717) is 11.0 Å². The molecule has 2 heterocycles. The van der Waals surface area contributed by atoms with Gasteiger partial charge in [0.05, 0.1) is 29.0 Å². The Bertz CT molecular complexity index is 551. The maximum atomic E-state index is 10.6. The first-order valence-corrected chi connectivity index (χ1v) is 6.51. The molecule has 0 aliphatic carbocycles. The Balaban J connectivity index is 2.07. The van der Waals surface area contributed by atoms with E-state index in [9.17, 15) is 10.1 Å². The number of aryl methyl sites for hydroxylation is 3. The minimum Gasteiger partial charge on any atom is -0.358 e. The lowest BCUT2D eigenvalue weighted by atomic mass is 10.3. The highest BCUT2D eigenvalue weighted by atomic mass is 79.9. The van der Waals surface area contributed by atoms with Crippen LogP contribution in [-0.2, 0) is 13.0 Å². The maximum Gasteiger partial charge on any atom is 0.404 e. The summed E-state index contributed by atoms with van der Waals surface area (Å²) in [7, 11) is 0. The van der Waals surface area contributed by atoms with Gasteiger partial charge in [-0.3, -0.25) is 0 Å². The van der Waals surface area contributed by atoms with Crippen LogP contribution in [0.15, 0.2) is 16.2 Å². The van der Waals surface area contributed by atoms with Gasteiger partial charge >= 0.3 is 5.82 Å². The van der Waals surface area contributed by atoms with Gasteiger partial charge in [0.2, 0.25) is 0 Å². The van der Waals surface area contributed by atoms with Crippen LogP contribution in [0.3, 0.4) is 0 Å². The van der Waals surface area contributed by atoms with Crippen molar-refractivity contribution in [2.24, 2.45) is 0 Å². The van der Waals surface area contributed by atoms with Gasteiger partial charge in [-0.1, -0.05) is 0 Å². The second kappa shape index (κ2) is 4.92. The molecule has 0 atom stereocenters. The zero-order valence-electron chi connectivity index (χ0n) is 8.96. The standard InChI is InChI=1S/C9H9BrN4O2S/c1-6-8(17-5-11-6)2-3-13-4-7(10)9(12-13)14(15)16/h4-5H,2-3H2,1H3. The van der Waals surface area contributed by atoms with E-state index >= 15 is 0 Å². The Hall–Kier alpha value is -1.28. The van der Waals surface area contributed by atoms with E-state index in [1.54, 1.807) is 27.7 Å². The molecule has 0 fully saturated rings. The van der Waals surface area contributed by atoms with Crippen molar-refractivity contribution in [2.45, 2.75) is 19.9 Å². The summed E-state index contributed by atoms with van der Waals surface area (Å²) < 4.78 is 1.98. The first-order valence-electron chi connectivity index (χ1n) is 4.84. The van der Waals surface area contributed by atoms with E-state index in [0.717, 1.165) is 12.1 Å². The smallest absolute Gasteiger partial charge is 0.358 e. The molecule has 0 aromatic carbocycles. The van der Waals surface area contributed by atoms with Crippen LogP contribution in [0.2, 0.25) is 0 Å². The molecule has 0 aliphatic rings. The Labute approximate surface area is 110 Å². The van der Waals surface area contributed by atoms with E-state index in [-0.39, 0.29) is 5.82 Å². The van der Waals surface area contributed by atoms with Crippen molar-refractivity contribution >= 4 is 33.1 Å². The van der Waals surface area contributed by atoms with Gasteiger partial charge < -0.3 is 10.1 Å². The second-order valence-electron chi connectivity index (χ2n) is 3.43. The number of nitrogens with zero attached hydrogens (tertiary/aromatic N) is 4. The van der Waals surface area contributed by atoms with Gasteiger partial charge in [0.25, 0.3) is 0 Å². The molecular formula is C9H9BrN4O2S. The monoisotopic (exact) mass is 316 g/mol. The highest BCUT2D eigenvalue weighted by Gasteiger charge is 2.18. The van der Waals surface area contributed by atoms with Gasteiger partial charge in [-0.2, -0.15) is 4.68 Å². The summed E-state index contributed by atoms with van der Waals surface area (Å²) in [6.45, 7) is 2.56. The number of nitro groups is 1. The molecule has 0 saturated heterocycles. The number of hydrogen-bond acceptors (Lipinski definition) is 5. The van der Waals surface area contributed by atoms with Crippen molar-refractivity contribution in [3.8, 4) is 0 Å². The molecule has 2 aromatic rings. The molecule has 0 amide bonds. The minimum absolute atomic E-state index is 0.147. The SMILES string of the molecule is Cc1ncsc1CCn1cc(Br)c([N+](=O)[O-])n1. The lowest BCUT2D eigenvalue weighted by molar-refractivity contribution is -0.390. The first kappa shape index (κ1) is 12.2. The van der Waals surface area contributed by atoms with E-state index in [2.05, 4.69) is 26.0 Å². The Kier molecular flexibility index (Phi) is 3.53. The predicted octanol–water partition coefficient (Wildman–Crippen LogP) is 2.56. The van der Waals surface area contributed by atoms with Crippen molar-refractivity contribution in [2.75, 3.05) is 0 Å². The number of aromatic nitrogens is 3. The van der Waals surface area contributed by atoms with E-state index in [1.165, 1.54) is 4.88 Å². The average molecular weight is 317 g/mol. The summed E-state index contributed by atoms with van der Waals surface area (Å²) in [5.41, 5.74) is 2.81. The quantitative estimate of drug-likeness (QED) is 0.641. The second-order valence-corrected chi connectivity index (χ2v) is 5.23. The molecule has 17 heavy (non-hydrogen) atoms.